The van der Waals surface area contributed by atoms with Gasteiger partial charge in [-0.2, -0.15) is 0 Å². The number of carbonyl (C=O) groups excluding carboxylic acids is 1. The molecule has 1 N–H and O–H groups in total. The second-order valence-corrected chi connectivity index (χ2v) is 9.11. The maximum atomic E-state index is 13.7. The number of nitrogens with zero attached hydrogens (tertiary/aromatic N) is 1. The summed E-state index contributed by atoms with van der Waals surface area (Å²) in [6, 6.07) is 26.0. The summed E-state index contributed by atoms with van der Waals surface area (Å²) in [6.07, 6.45) is 1.60. The minimum atomic E-state index is -0.257. The van der Waals surface area contributed by atoms with Gasteiger partial charge in [0.05, 0.1) is 0 Å². The average molecular weight is 461 g/mol. The second-order valence-electron chi connectivity index (χ2n) is 6.77. The molecule has 30 heavy (non-hydrogen) atoms. The van der Waals surface area contributed by atoms with Crippen LogP contribution in [0.4, 0.5) is 10.1 Å². The van der Waals surface area contributed by atoms with Crippen molar-refractivity contribution in [2.24, 2.45) is 0 Å². The average Bonchev–Trinajstić information content (AvgIpc) is 2.76. The molecule has 0 atom stereocenters. The van der Waals surface area contributed by atoms with Gasteiger partial charge in [-0.3, -0.25) is 0 Å². The van der Waals surface area contributed by atoms with E-state index in [-0.39, 0.29) is 26.7 Å². The van der Waals surface area contributed by atoms with E-state index in [4.69, 9.17) is 0 Å². The number of amides is 1. The van der Waals surface area contributed by atoms with Crippen LogP contribution in [0.25, 0.3) is 11.1 Å². The molecule has 0 aliphatic heterocycles. The van der Waals surface area contributed by atoms with E-state index in [2.05, 4.69) is 28.5 Å². The van der Waals surface area contributed by atoms with E-state index in [0.29, 0.717) is 5.69 Å². The number of halogens is 1. The Morgan fingerprint density at radius 1 is 0.900 bits per heavy atom. The van der Waals surface area contributed by atoms with Crippen molar-refractivity contribution in [2.75, 3.05) is 5.32 Å². The van der Waals surface area contributed by atoms with Gasteiger partial charge in [0.1, 0.15) is 0 Å². The van der Waals surface area contributed by atoms with Gasteiger partial charge in [0, 0.05) is 0 Å². The van der Waals surface area contributed by atoms with Gasteiger partial charge in [0.15, 0.2) is 0 Å². The molecule has 0 radical (unpaired) electrons. The zero-order chi connectivity index (χ0) is 20.9. The van der Waals surface area contributed by atoms with E-state index in [1.165, 1.54) is 6.07 Å². The van der Waals surface area contributed by atoms with Crippen molar-refractivity contribution in [3.63, 3.8) is 0 Å². The molecule has 5 heteroatoms. The third-order valence-corrected chi connectivity index (χ3v) is 6.76. The molecular formula is C25H19FN2OSe. The number of para-hydroxylation sites is 1. The Labute approximate surface area is 181 Å². The first kappa shape index (κ1) is 20.0. The number of nitrogens with one attached hydrogen (secondary N) is 1. The van der Waals surface area contributed by atoms with E-state index in [0.717, 1.165) is 31.3 Å². The predicted octanol–water partition coefficient (Wildman–Crippen LogP) is 4.10. The number of hydrogen-bond donors (Lipinski definition) is 1. The number of benzene rings is 3. The Kier molecular flexibility index (Phi) is 6.03. The fourth-order valence-corrected chi connectivity index (χ4v) is 5.18. The van der Waals surface area contributed by atoms with Crippen molar-refractivity contribution < 1.29 is 9.18 Å². The second kappa shape index (κ2) is 9.04. The van der Waals surface area contributed by atoms with Crippen LogP contribution in [0.3, 0.4) is 0 Å². The molecule has 0 aliphatic carbocycles. The molecule has 4 aromatic rings. The number of hydrogen-bond acceptors (Lipinski definition) is 2. The maximum absolute atomic E-state index is 13.7. The van der Waals surface area contributed by atoms with Crippen LogP contribution < -0.4 is 14.2 Å². The first-order valence-electron chi connectivity index (χ1n) is 9.46. The van der Waals surface area contributed by atoms with E-state index >= 15 is 0 Å². The van der Waals surface area contributed by atoms with Crippen molar-refractivity contribution in [1.82, 2.24) is 4.98 Å². The third kappa shape index (κ3) is 4.65. The van der Waals surface area contributed by atoms with Crippen LogP contribution in [-0.4, -0.2) is 25.8 Å². The van der Waals surface area contributed by atoms with Crippen LogP contribution in [0.2, 0.25) is 0 Å². The first-order chi connectivity index (χ1) is 14.6. The summed E-state index contributed by atoms with van der Waals surface area (Å²) in [5.74, 6) is -0.487. The molecule has 0 bridgehead atoms. The molecule has 0 saturated carbocycles. The monoisotopic (exact) mass is 462 g/mol. The van der Waals surface area contributed by atoms with Gasteiger partial charge in [0.2, 0.25) is 0 Å². The van der Waals surface area contributed by atoms with E-state index < -0.39 is 0 Å². The topological polar surface area (TPSA) is 42.0 Å². The first-order valence-corrected chi connectivity index (χ1v) is 11.2. The van der Waals surface area contributed by atoms with E-state index in [1.54, 1.807) is 36.5 Å². The molecule has 3 aromatic carbocycles. The van der Waals surface area contributed by atoms with Gasteiger partial charge in [-0.1, -0.05) is 0 Å². The van der Waals surface area contributed by atoms with Gasteiger partial charge in [0.25, 0.3) is 0 Å². The van der Waals surface area contributed by atoms with Crippen molar-refractivity contribution in [2.45, 2.75) is 6.92 Å². The molecule has 0 aliphatic rings. The van der Waals surface area contributed by atoms with E-state index in [1.807, 2.05) is 37.3 Å². The summed E-state index contributed by atoms with van der Waals surface area (Å²) in [7, 11) is 0. The van der Waals surface area contributed by atoms with E-state index in [9.17, 15) is 9.18 Å². The van der Waals surface area contributed by atoms with Gasteiger partial charge >= 0.3 is 181 Å². The van der Waals surface area contributed by atoms with Gasteiger partial charge in [-0.05, 0) is 0 Å². The number of aryl methyl sites for hydroxylation is 1. The van der Waals surface area contributed by atoms with Gasteiger partial charge < -0.3 is 0 Å². The van der Waals surface area contributed by atoms with Crippen molar-refractivity contribution in [3.05, 3.63) is 108 Å². The van der Waals surface area contributed by atoms with Crippen molar-refractivity contribution in [3.8, 4) is 11.1 Å². The molecule has 148 valence electrons. The quantitative estimate of drug-likeness (QED) is 0.455. The summed E-state index contributed by atoms with van der Waals surface area (Å²) < 4.78 is 15.8. The summed E-state index contributed by atoms with van der Waals surface area (Å²) >= 11 is -0.0801. The van der Waals surface area contributed by atoms with Gasteiger partial charge in [-0.25, -0.2) is 0 Å². The van der Waals surface area contributed by atoms with Gasteiger partial charge in [-0.15, -0.1) is 0 Å². The van der Waals surface area contributed by atoms with Crippen LogP contribution in [0.1, 0.15) is 16.1 Å². The fraction of sp³-hybridized carbons (Fsp3) is 0.0400. The molecular weight excluding hydrogens is 442 g/mol. The van der Waals surface area contributed by atoms with Crippen molar-refractivity contribution >= 4 is 35.5 Å². The Morgan fingerprint density at radius 3 is 2.53 bits per heavy atom. The Morgan fingerprint density at radius 2 is 1.73 bits per heavy atom. The molecule has 1 heterocycles. The molecule has 0 unspecified atom stereocenters. The molecule has 4 rings (SSSR count). The summed E-state index contributed by atoms with van der Waals surface area (Å²) in [6.45, 7) is 2.04. The molecule has 0 fully saturated rings. The zero-order valence-corrected chi connectivity index (χ0v) is 18.0. The summed E-state index contributed by atoms with van der Waals surface area (Å²) in [5.41, 5.74) is 4.17. The van der Waals surface area contributed by atoms with Crippen LogP contribution in [0.15, 0.2) is 91.1 Å². The number of aromatic nitrogens is 1. The van der Waals surface area contributed by atoms with Crippen LogP contribution >= 0.6 is 0 Å². The number of pyridine rings is 1. The summed E-state index contributed by atoms with van der Waals surface area (Å²) in [4.78, 5) is 16.8. The molecule has 0 saturated heterocycles. The summed E-state index contributed by atoms with van der Waals surface area (Å²) in [5, 5.41) is 2.99. The Hall–Kier alpha value is -3.27. The molecule has 3 nitrogen and oxygen atoms in total. The van der Waals surface area contributed by atoms with Crippen LogP contribution in [-0.2, 0) is 0 Å². The SMILES string of the molecule is Cc1ccc([Se]c2cccc(F)c2)c(-c2ccccc2NC(=O)c2ccccn2)c1. The van der Waals surface area contributed by atoms with Crippen LogP contribution in [0, 0.1) is 12.7 Å². The molecule has 1 amide bonds. The van der Waals surface area contributed by atoms with Crippen LogP contribution in [0.5, 0.6) is 0 Å². The Balaban J connectivity index is 1.72. The zero-order valence-electron chi connectivity index (χ0n) is 16.3. The number of carbonyl (C=O) groups is 1. The minimum absolute atomic E-state index is 0.0801. The standard InChI is InChI=1S/C25H19FN2OSe/c1-17-12-13-24(30-19-8-6-7-18(26)16-19)21(15-17)20-9-2-3-10-22(20)28-25(29)23-11-4-5-14-27-23/h2-16H,1H3,(H,28,29). The predicted molar refractivity (Wildman–Crippen MR) is 120 cm³/mol. The molecule has 0 spiro atoms. The fourth-order valence-electron chi connectivity index (χ4n) is 3.11. The third-order valence-electron chi connectivity index (χ3n) is 4.52. The number of anilines is 1. The number of rotatable bonds is 5. The molecule has 1 aromatic heterocycles. The normalized spacial score (nSPS) is 10.6. The van der Waals surface area contributed by atoms with Crippen molar-refractivity contribution in [1.29, 1.82) is 0 Å². The Bertz CT molecular complexity index is 1190.